The first-order valence-electron chi connectivity index (χ1n) is 4.92. The van der Waals surface area contributed by atoms with Gasteiger partial charge in [-0.25, -0.2) is 0 Å². The van der Waals surface area contributed by atoms with E-state index in [4.69, 9.17) is 9.84 Å². The molecular weight excluding hydrogens is 190 g/mol. The van der Waals surface area contributed by atoms with Crippen molar-refractivity contribution in [2.24, 2.45) is 0 Å². The first kappa shape index (κ1) is 9.93. The number of hydrogen-bond donors (Lipinski definition) is 1. The van der Waals surface area contributed by atoms with Gasteiger partial charge in [-0.3, -0.25) is 4.98 Å². The fourth-order valence-corrected chi connectivity index (χ4v) is 1.41. The molecular formula is C12H13NO2. The minimum atomic E-state index is -0.461. The molecule has 0 spiro atoms. The van der Waals surface area contributed by atoms with Crippen molar-refractivity contribution < 1.29 is 9.84 Å². The van der Waals surface area contributed by atoms with Crippen LogP contribution in [0.2, 0.25) is 0 Å². The number of pyridine rings is 1. The fourth-order valence-electron chi connectivity index (χ4n) is 1.41. The maximum absolute atomic E-state index is 9.15. The Bertz CT molecular complexity index is 449. The molecule has 1 aromatic carbocycles. The van der Waals surface area contributed by atoms with Gasteiger partial charge in [0, 0.05) is 11.6 Å². The lowest BCUT2D eigenvalue weighted by atomic mass is 10.2. The van der Waals surface area contributed by atoms with E-state index < -0.39 is 6.10 Å². The summed E-state index contributed by atoms with van der Waals surface area (Å²) < 4.78 is 5.49. The van der Waals surface area contributed by atoms with E-state index in [1.165, 1.54) is 0 Å². The van der Waals surface area contributed by atoms with Gasteiger partial charge in [0.05, 0.1) is 11.6 Å². The summed E-state index contributed by atoms with van der Waals surface area (Å²) in [6, 6.07) is 9.59. The molecule has 0 saturated carbocycles. The van der Waals surface area contributed by atoms with Gasteiger partial charge in [0.2, 0.25) is 0 Å². The summed E-state index contributed by atoms with van der Waals surface area (Å²) in [5.41, 5.74) is 0.903. The van der Waals surface area contributed by atoms with E-state index in [2.05, 4.69) is 4.98 Å². The molecule has 2 aromatic rings. The predicted molar refractivity (Wildman–Crippen MR) is 58.9 cm³/mol. The van der Waals surface area contributed by atoms with E-state index >= 15 is 0 Å². The average Bonchev–Trinajstić information content (AvgIpc) is 2.26. The van der Waals surface area contributed by atoms with E-state index in [0.717, 1.165) is 16.7 Å². The fraction of sp³-hybridized carbons (Fsp3) is 0.250. The molecule has 0 aliphatic carbocycles. The van der Waals surface area contributed by atoms with Gasteiger partial charge < -0.3 is 9.84 Å². The molecule has 1 unspecified atom stereocenters. The highest BCUT2D eigenvalue weighted by Gasteiger charge is 2.03. The lowest BCUT2D eigenvalue weighted by Crippen LogP contribution is -2.12. The predicted octanol–water partition coefficient (Wildman–Crippen LogP) is 1.99. The quantitative estimate of drug-likeness (QED) is 0.829. The second-order valence-electron chi connectivity index (χ2n) is 3.49. The SMILES string of the molecule is CC(O)COc1ccnc2ccccc12. The van der Waals surface area contributed by atoms with Gasteiger partial charge >= 0.3 is 0 Å². The maximum atomic E-state index is 9.15. The molecule has 0 amide bonds. The summed E-state index contributed by atoms with van der Waals surface area (Å²) in [7, 11) is 0. The number of aliphatic hydroxyl groups excluding tert-OH is 1. The third-order valence-electron chi connectivity index (χ3n) is 2.09. The van der Waals surface area contributed by atoms with Crippen LogP contribution in [-0.4, -0.2) is 22.8 Å². The Morgan fingerprint density at radius 2 is 2.13 bits per heavy atom. The van der Waals surface area contributed by atoms with Crippen molar-refractivity contribution in [1.82, 2.24) is 4.98 Å². The van der Waals surface area contributed by atoms with E-state index in [-0.39, 0.29) is 0 Å². The van der Waals surface area contributed by atoms with Crippen molar-refractivity contribution in [3.63, 3.8) is 0 Å². The monoisotopic (exact) mass is 203 g/mol. The molecule has 1 heterocycles. The molecule has 0 saturated heterocycles. The third-order valence-corrected chi connectivity index (χ3v) is 2.09. The van der Waals surface area contributed by atoms with Crippen LogP contribution in [0.5, 0.6) is 5.75 Å². The molecule has 0 fully saturated rings. The van der Waals surface area contributed by atoms with E-state index in [1.807, 2.05) is 30.3 Å². The third kappa shape index (κ3) is 2.25. The van der Waals surface area contributed by atoms with Crippen LogP contribution >= 0.6 is 0 Å². The average molecular weight is 203 g/mol. The minimum absolute atomic E-state index is 0.300. The van der Waals surface area contributed by atoms with Crippen LogP contribution in [0.4, 0.5) is 0 Å². The largest absolute Gasteiger partial charge is 0.490 e. The van der Waals surface area contributed by atoms with Crippen LogP contribution in [0.25, 0.3) is 10.9 Å². The molecule has 1 N–H and O–H groups in total. The van der Waals surface area contributed by atoms with Crippen LogP contribution in [0.15, 0.2) is 36.5 Å². The summed E-state index contributed by atoms with van der Waals surface area (Å²) in [6.45, 7) is 2.00. The molecule has 0 aliphatic rings. The summed E-state index contributed by atoms with van der Waals surface area (Å²) >= 11 is 0. The smallest absolute Gasteiger partial charge is 0.130 e. The highest BCUT2D eigenvalue weighted by Crippen LogP contribution is 2.23. The molecule has 1 atom stereocenters. The number of ether oxygens (including phenoxy) is 1. The molecule has 78 valence electrons. The Hall–Kier alpha value is -1.61. The van der Waals surface area contributed by atoms with Gasteiger partial charge in [-0.05, 0) is 25.1 Å². The molecule has 15 heavy (non-hydrogen) atoms. The second-order valence-corrected chi connectivity index (χ2v) is 3.49. The summed E-state index contributed by atoms with van der Waals surface area (Å²) in [5.74, 6) is 0.765. The first-order chi connectivity index (χ1) is 7.27. The maximum Gasteiger partial charge on any atom is 0.130 e. The highest BCUT2D eigenvalue weighted by molar-refractivity contribution is 5.84. The number of nitrogens with zero attached hydrogens (tertiary/aromatic N) is 1. The molecule has 1 aromatic heterocycles. The van der Waals surface area contributed by atoms with Crippen LogP contribution in [-0.2, 0) is 0 Å². The molecule has 0 aliphatic heterocycles. The molecule has 2 rings (SSSR count). The number of fused-ring (bicyclic) bond motifs is 1. The highest BCUT2D eigenvalue weighted by atomic mass is 16.5. The lowest BCUT2D eigenvalue weighted by Gasteiger charge is -2.09. The van der Waals surface area contributed by atoms with Crippen LogP contribution in [0, 0.1) is 0 Å². The topological polar surface area (TPSA) is 42.4 Å². The Morgan fingerprint density at radius 1 is 1.33 bits per heavy atom. The number of benzene rings is 1. The standard InChI is InChI=1S/C12H13NO2/c1-9(14)8-15-12-6-7-13-11-5-3-2-4-10(11)12/h2-7,9,14H,8H2,1H3. The van der Waals surface area contributed by atoms with Gasteiger partial charge in [0.1, 0.15) is 12.4 Å². The van der Waals surface area contributed by atoms with E-state index in [0.29, 0.717) is 6.61 Å². The normalized spacial score (nSPS) is 12.7. The minimum Gasteiger partial charge on any atom is -0.490 e. The number of rotatable bonds is 3. The molecule has 0 bridgehead atoms. The van der Waals surface area contributed by atoms with E-state index in [1.54, 1.807) is 13.1 Å². The van der Waals surface area contributed by atoms with Crippen molar-refractivity contribution in [2.75, 3.05) is 6.61 Å². The molecule has 0 radical (unpaired) electrons. The van der Waals surface area contributed by atoms with Gasteiger partial charge in [0.15, 0.2) is 0 Å². The van der Waals surface area contributed by atoms with Gasteiger partial charge in [0.25, 0.3) is 0 Å². The Morgan fingerprint density at radius 3 is 2.93 bits per heavy atom. The van der Waals surface area contributed by atoms with Crippen molar-refractivity contribution >= 4 is 10.9 Å². The zero-order valence-corrected chi connectivity index (χ0v) is 8.55. The van der Waals surface area contributed by atoms with Crippen molar-refractivity contribution in [2.45, 2.75) is 13.0 Å². The molecule has 3 nitrogen and oxygen atoms in total. The summed E-state index contributed by atoms with van der Waals surface area (Å²) in [4.78, 5) is 4.23. The van der Waals surface area contributed by atoms with Crippen LogP contribution in [0.3, 0.4) is 0 Å². The molecule has 3 heteroatoms. The Kier molecular flexibility index (Phi) is 2.83. The van der Waals surface area contributed by atoms with E-state index in [9.17, 15) is 0 Å². The van der Waals surface area contributed by atoms with Crippen LogP contribution in [0.1, 0.15) is 6.92 Å². The van der Waals surface area contributed by atoms with Crippen LogP contribution < -0.4 is 4.74 Å². The first-order valence-corrected chi connectivity index (χ1v) is 4.92. The van der Waals surface area contributed by atoms with Gasteiger partial charge in [-0.1, -0.05) is 12.1 Å². The Labute approximate surface area is 88.3 Å². The second kappa shape index (κ2) is 4.28. The van der Waals surface area contributed by atoms with Gasteiger partial charge in [-0.2, -0.15) is 0 Å². The number of aliphatic hydroxyl groups is 1. The Balaban J connectivity index is 2.34. The number of aromatic nitrogens is 1. The van der Waals surface area contributed by atoms with Gasteiger partial charge in [-0.15, -0.1) is 0 Å². The number of para-hydroxylation sites is 1. The zero-order chi connectivity index (χ0) is 10.7. The lowest BCUT2D eigenvalue weighted by molar-refractivity contribution is 0.123. The summed E-state index contributed by atoms with van der Waals surface area (Å²) in [5, 5.41) is 10.1. The van der Waals surface area contributed by atoms with Crippen molar-refractivity contribution in [3.05, 3.63) is 36.5 Å². The van der Waals surface area contributed by atoms with Crippen molar-refractivity contribution in [1.29, 1.82) is 0 Å². The summed E-state index contributed by atoms with van der Waals surface area (Å²) in [6.07, 6.45) is 1.25. The zero-order valence-electron chi connectivity index (χ0n) is 8.55. The van der Waals surface area contributed by atoms with Crippen molar-refractivity contribution in [3.8, 4) is 5.75 Å². The number of hydrogen-bond acceptors (Lipinski definition) is 3.